The third kappa shape index (κ3) is 8.10. The van der Waals surface area contributed by atoms with E-state index in [1.165, 1.54) is 11.1 Å². The first kappa shape index (κ1) is 34.7. The van der Waals surface area contributed by atoms with Crippen LogP contribution < -0.4 is 0 Å². The summed E-state index contributed by atoms with van der Waals surface area (Å²) in [4.78, 5) is 29.5. The molecule has 252 valence electrons. The van der Waals surface area contributed by atoms with Gasteiger partial charge >= 0.3 is 0 Å². The van der Waals surface area contributed by atoms with Gasteiger partial charge in [-0.3, -0.25) is 9.59 Å². The molecule has 48 heavy (non-hydrogen) atoms. The highest BCUT2D eigenvalue weighted by atomic mass is 16.3. The predicted octanol–water partition coefficient (Wildman–Crippen LogP) is 7.52. The summed E-state index contributed by atoms with van der Waals surface area (Å²) in [6.45, 7) is 11.0. The summed E-state index contributed by atoms with van der Waals surface area (Å²) in [5.74, 6) is 0.984. The van der Waals surface area contributed by atoms with Crippen molar-refractivity contribution in [2.75, 3.05) is 26.2 Å². The van der Waals surface area contributed by atoms with Gasteiger partial charge in [-0.1, -0.05) is 48.5 Å². The molecule has 6 heteroatoms. The number of carbonyl (C=O) groups is 2. The molecular weight excluding hydrogens is 596 g/mol. The van der Waals surface area contributed by atoms with Crippen LogP contribution in [0, 0.1) is 0 Å². The number of aromatic hydroxyl groups is 2. The number of carbonyl (C=O) groups excluding carboxylic acids is 2. The molecule has 0 spiro atoms. The van der Waals surface area contributed by atoms with Gasteiger partial charge in [0.25, 0.3) is 11.8 Å². The minimum atomic E-state index is 0.118. The highest BCUT2D eigenvalue weighted by Gasteiger charge is 2.20. The highest BCUT2D eigenvalue weighted by Crippen LogP contribution is 2.27. The number of aryl methyl sites for hydroxylation is 8. The van der Waals surface area contributed by atoms with Crippen molar-refractivity contribution in [3.8, 4) is 11.5 Å². The minimum Gasteiger partial charge on any atom is -0.508 e. The van der Waals surface area contributed by atoms with Gasteiger partial charge in [0.15, 0.2) is 0 Å². The van der Waals surface area contributed by atoms with Crippen LogP contribution >= 0.6 is 0 Å². The number of amides is 2. The molecule has 2 amide bonds. The van der Waals surface area contributed by atoms with E-state index in [1.807, 2.05) is 61.8 Å². The van der Waals surface area contributed by atoms with Gasteiger partial charge in [0.1, 0.15) is 11.5 Å². The van der Waals surface area contributed by atoms with Crippen LogP contribution in [-0.2, 0) is 51.4 Å². The molecule has 0 heterocycles. The van der Waals surface area contributed by atoms with E-state index < -0.39 is 0 Å². The summed E-state index contributed by atoms with van der Waals surface area (Å²) < 4.78 is 0. The Kier molecular flexibility index (Phi) is 11.6. The van der Waals surface area contributed by atoms with Crippen LogP contribution in [0.1, 0.15) is 92.9 Å². The maximum absolute atomic E-state index is 12.9. The number of rotatable bonds is 6. The summed E-state index contributed by atoms with van der Waals surface area (Å²) in [6.07, 6.45) is 6.48. The van der Waals surface area contributed by atoms with Gasteiger partial charge in [-0.15, -0.1) is 0 Å². The van der Waals surface area contributed by atoms with Crippen molar-refractivity contribution in [2.45, 2.75) is 79.1 Å². The van der Waals surface area contributed by atoms with Crippen LogP contribution in [0.5, 0.6) is 11.5 Å². The Morgan fingerprint density at radius 1 is 0.458 bits per heavy atom. The largest absolute Gasteiger partial charge is 0.508 e. The molecule has 4 aromatic rings. The molecule has 2 N–H and O–H groups in total. The zero-order valence-corrected chi connectivity index (χ0v) is 29.0. The molecule has 0 saturated heterocycles. The zero-order chi connectivity index (χ0) is 34.2. The molecule has 0 aromatic heterocycles. The molecule has 12 rings (SSSR count). The van der Waals surface area contributed by atoms with E-state index in [4.69, 9.17) is 0 Å². The van der Waals surface area contributed by atoms with E-state index in [1.54, 1.807) is 0 Å². The second-order valence-electron chi connectivity index (χ2n) is 12.9. The molecule has 0 saturated carbocycles. The van der Waals surface area contributed by atoms with Crippen LogP contribution in [-0.4, -0.2) is 58.0 Å². The highest BCUT2D eigenvalue weighted by molar-refractivity contribution is 5.96. The third-order valence-electron chi connectivity index (χ3n) is 9.94. The van der Waals surface area contributed by atoms with Crippen molar-refractivity contribution in [2.24, 2.45) is 0 Å². The summed E-state index contributed by atoms with van der Waals surface area (Å²) in [6, 6.07) is 24.6. The van der Waals surface area contributed by atoms with Crippen LogP contribution in [0.3, 0.4) is 0 Å². The molecule has 8 aliphatic carbocycles. The molecule has 0 aliphatic heterocycles. The topological polar surface area (TPSA) is 81.1 Å². The van der Waals surface area contributed by atoms with Gasteiger partial charge in [-0.25, -0.2) is 0 Å². The second-order valence-corrected chi connectivity index (χ2v) is 12.9. The van der Waals surface area contributed by atoms with Gasteiger partial charge in [-0.2, -0.15) is 0 Å². The molecule has 0 atom stereocenters. The normalized spacial score (nSPS) is 13.4. The lowest BCUT2D eigenvalue weighted by molar-refractivity contribution is 0.0764. The maximum Gasteiger partial charge on any atom is 0.254 e. The average Bonchev–Trinajstić information content (AvgIpc) is 3.08. The number of hydrogen-bond acceptors (Lipinski definition) is 4. The van der Waals surface area contributed by atoms with Crippen molar-refractivity contribution in [1.82, 2.24) is 9.80 Å². The summed E-state index contributed by atoms with van der Waals surface area (Å²) in [5, 5.41) is 20.4. The number of benzene rings is 4. The fraction of sp³-hybridized carbons (Fsp3) is 0.381. The van der Waals surface area contributed by atoms with Gasteiger partial charge in [0.05, 0.1) is 0 Å². The van der Waals surface area contributed by atoms with Crippen molar-refractivity contribution in [1.29, 1.82) is 0 Å². The van der Waals surface area contributed by atoms with Crippen molar-refractivity contribution in [3.05, 3.63) is 128 Å². The predicted molar refractivity (Wildman–Crippen MR) is 193 cm³/mol. The van der Waals surface area contributed by atoms with Gasteiger partial charge in [0, 0.05) is 37.3 Å². The second kappa shape index (κ2) is 16.0. The lowest BCUT2D eigenvalue weighted by atomic mass is 9.92. The standard InChI is InChI=1S/2C21H25NO2/c2*1-3-22(4-2)21(24)19-13-15-5-6-16-8-10-18(20(23)14-16)12-11-17(19)9-7-15/h2*7-10,13-14,23H,3-6,11-12H2,1-2H3. The van der Waals surface area contributed by atoms with E-state index >= 15 is 0 Å². The first-order chi connectivity index (χ1) is 23.2. The first-order valence-corrected chi connectivity index (χ1v) is 17.7. The van der Waals surface area contributed by atoms with E-state index in [0.717, 1.165) is 122 Å². The summed E-state index contributed by atoms with van der Waals surface area (Å²) in [5.41, 5.74) is 10.3. The Hall–Kier alpha value is -4.58. The molecule has 6 nitrogen and oxygen atoms in total. The summed E-state index contributed by atoms with van der Waals surface area (Å²) in [7, 11) is 0. The number of hydrogen-bond donors (Lipinski definition) is 2. The maximum atomic E-state index is 12.9. The molecule has 4 aromatic carbocycles. The number of phenols is 2. The molecule has 0 fully saturated rings. The van der Waals surface area contributed by atoms with E-state index in [2.05, 4.69) is 48.5 Å². The Morgan fingerprint density at radius 2 is 0.750 bits per heavy atom. The Bertz CT molecular complexity index is 1620. The van der Waals surface area contributed by atoms with Gasteiger partial charge in [-0.05, 0) is 148 Å². The van der Waals surface area contributed by atoms with Crippen molar-refractivity contribution >= 4 is 11.8 Å². The van der Waals surface area contributed by atoms with E-state index in [0.29, 0.717) is 11.5 Å². The average molecular weight is 647 g/mol. The summed E-state index contributed by atoms with van der Waals surface area (Å²) >= 11 is 0. The Balaban J connectivity index is 0.000000188. The zero-order valence-electron chi connectivity index (χ0n) is 29.0. The fourth-order valence-electron chi connectivity index (χ4n) is 6.82. The van der Waals surface area contributed by atoms with Crippen LogP contribution in [0.2, 0.25) is 0 Å². The molecular formula is C42H50N2O4. The van der Waals surface area contributed by atoms with Gasteiger partial charge in [0.2, 0.25) is 0 Å². The molecule has 0 unspecified atom stereocenters. The van der Waals surface area contributed by atoms with Gasteiger partial charge < -0.3 is 20.0 Å². The quantitative estimate of drug-likeness (QED) is 0.227. The van der Waals surface area contributed by atoms with Crippen LogP contribution in [0.25, 0.3) is 0 Å². The first-order valence-electron chi connectivity index (χ1n) is 17.7. The Labute approximate surface area is 286 Å². The lowest BCUT2D eigenvalue weighted by Crippen LogP contribution is -2.31. The molecule has 8 bridgehead atoms. The Morgan fingerprint density at radius 3 is 1.06 bits per heavy atom. The SMILES string of the molecule is CCN(CC)C(=O)c1cc2ccc1CCc1ccc(cc1O)CC2.CCN(CC)C(=O)c1cc2ccc1CCc1ccc(cc1O)CC2. The van der Waals surface area contributed by atoms with E-state index in [-0.39, 0.29) is 11.8 Å². The minimum absolute atomic E-state index is 0.118. The molecule has 8 aliphatic rings. The lowest BCUT2D eigenvalue weighted by Gasteiger charge is -2.21. The van der Waals surface area contributed by atoms with Crippen LogP contribution in [0.15, 0.2) is 72.8 Å². The smallest absolute Gasteiger partial charge is 0.254 e. The van der Waals surface area contributed by atoms with E-state index in [9.17, 15) is 19.8 Å². The van der Waals surface area contributed by atoms with Crippen molar-refractivity contribution in [3.63, 3.8) is 0 Å². The van der Waals surface area contributed by atoms with Crippen LogP contribution in [0.4, 0.5) is 0 Å². The number of nitrogens with zero attached hydrogens (tertiary/aromatic N) is 2. The fourth-order valence-corrected chi connectivity index (χ4v) is 6.82. The molecule has 0 radical (unpaired) electrons. The monoisotopic (exact) mass is 646 g/mol. The number of phenolic OH excluding ortho intramolecular Hbond substituents is 2. The van der Waals surface area contributed by atoms with Crippen molar-refractivity contribution < 1.29 is 19.8 Å². The third-order valence-corrected chi connectivity index (χ3v) is 9.94.